The Kier molecular flexibility index (Phi) is 5.08. The van der Waals surface area contributed by atoms with Crippen LogP contribution in [0.25, 0.3) is 0 Å². The number of aromatic carboxylic acids is 1. The number of carbonyl (C=O) groups is 2. The molecule has 0 bridgehead atoms. The van der Waals surface area contributed by atoms with E-state index in [0.717, 1.165) is 25.9 Å². The first-order valence-electron chi connectivity index (χ1n) is 6.85. The molecular formula is C13H19N3O3S. The summed E-state index contributed by atoms with van der Waals surface area (Å²) >= 11 is 1.26. The van der Waals surface area contributed by atoms with Crippen LogP contribution in [0.5, 0.6) is 0 Å². The Bertz CT molecular complexity index is 495. The van der Waals surface area contributed by atoms with Gasteiger partial charge in [0.25, 0.3) is 0 Å². The SMILES string of the molecule is CCC(=O)Nc1nc(C(=O)O)c(CN2CCCCC2)s1. The molecule has 1 aliphatic rings. The van der Waals surface area contributed by atoms with Gasteiger partial charge in [0.1, 0.15) is 0 Å². The molecule has 2 N–H and O–H groups in total. The zero-order chi connectivity index (χ0) is 14.5. The molecule has 0 aliphatic carbocycles. The number of carboxylic acids is 1. The molecule has 6 nitrogen and oxygen atoms in total. The van der Waals surface area contributed by atoms with Gasteiger partial charge >= 0.3 is 5.97 Å². The predicted molar refractivity (Wildman–Crippen MR) is 77.1 cm³/mol. The van der Waals surface area contributed by atoms with Crippen molar-refractivity contribution in [2.75, 3.05) is 18.4 Å². The van der Waals surface area contributed by atoms with Crippen LogP contribution in [0.2, 0.25) is 0 Å². The van der Waals surface area contributed by atoms with E-state index in [4.69, 9.17) is 0 Å². The number of amides is 1. The van der Waals surface area contributed by atoms with Gasteiger partial charge in [-0.1, -0.05) is 24.7 Å². The number of anilines is 1. The first kappa shape index (κ1) is 14.9. The highest BCUT2D eigenvalue weighted by molar-refractivity contribution is 7.16. The third kappa shape index (κ3) is 3.77. The Morgan fingerprint density at radius 2 is 2.05 bits per heavy atom. The maximum atomic E-state index is 11.4. The molecule has 0 radical (unpaired) electrons. The van der Waals surface area contributed by atoms with Crippen LogP contribution < -0.4 is 5.32 Å². The molecule has 1 amide bonds. The van der Waals surface area contributed by atoms with Crippen LogP contribution in [0.15, 0.2) is 0 Å². The summed E-state index contributed by atoms with van der Waals surface area (Å²) in [4.78, 5) is 29.6. The Balaban J connectivity index is 2.12. The van der Waals surface area contributed by atoms with Gasteiger partial charge in [0.2, 0.25) is 5.91 Å². The number of aromatic nitrogens is 1. The number of hydrogen-bond acceptors (Lipinski definition) is 5. The predicted octanol–water partition coefficient (Wildman–Crippen LogP) is 2.18. The maximum absolute atomic E-state index is 11.4. The van der Waals surface area contributed by atoms with Crippen LogP contribution in [0.3, 0.4) is 0 Å². The number of likely N-dealkylation sites (tertiary alicyclic amines) is 1. The molecule has 1 aromatic rings. The topological polar surface area (TPSA) is 82.5 Å². The second-order valence-corrected chi connectivity index (χ2v) is 5.92. The van der Waals surface area contributed by atoms with Crippen molar-refractivity contribution in [3.63, 3.8) is 0 Å². The summed E-state index contributed by atoms with van der Waals surface area (Å²) < 4.78 is 0. The number of thiazole rings is 1. The Hall–Kier alpha value is -1.47. The Labute approximate surface area is 121 Å². The molecular weight excluding hydrogens is 278 g/mol. The summed E-state index contributed by atoms with van der Waals surface area (Å²) in [6.07, 6.45) is 3.90. The molecule has 0 unspecified atom stereocenters. The van der Waals surface area contributed by atoms with Crippen LogP contribution in [0.1, 0.15) is 48.0 Å². The van der Waals surface area contributed by atoms with Gasteiger partial charge in [0, 0.05) is 13.0 Å². The molecule has 110 valence electrons. The normalized spacial score (nSPS) is 16.1. The highest BCUT2D eigenvalue weighted by atomic mass is 32.1. The van der Waals surface area contributed by atoms with Gasteiger partial charge in [-0.05, 0) is 25.9 Å². The van der Waals surface area contributed by atoms with Crippen LogP contribution in [0.4, 0.5) is 5.13 Å². The molecule has 0 saturated carbocycles. The van der Waals surface area contributed by atoms with E-state index in [1.165, 1.54) is 17.8 Å². The lowest BCUT2D eigenvalue weighted by Crippen LogP contribution is -2.29. The molecule has 0 aromatic carbocycles. The molecule has 1 aliphatic heterocycles. The van der Waals surface area contributed by atoms with Crippen molar-refractivity contribution in [3.8, 4) is 0 Å². The van der Waals surface area contributed by atoms with Gasteiger partial charge in [0.15, 0.2) is 10.8 Å². The monoisotopic (exact) mass is 297 g/mol. The number of piperidine rings is 1. The number of hydrogen-bond donors (Lipinski definition) is 2. The molecule has 1 aromatic heterocycles. The van der Waals surface area contributed by atoms with Crippen molar-refractivity contribution < 1.29 is 14.7 Å². The summed E-state index contributed by atoms with van der Waals surface area (Å²) in [5.41, 5.74) is 0.0620. The van der Waals surface area contributed by atoms with E-state index in [1.807, 2.05) is 0 Å². The maximum Gasteiger partial charge on any atom is 0.355 e. The zero-order valence-electron chi connectivity index (χ0n) is 11.5. The van der Waals surface area contributed by atoms with E-state index in [1.54, 1.807) is 6.92 Å². The molecule has 20 heavy (non-hydrogen) atoms. The van der Waals surface area contributed by atoms with Crippen molar-refractivity contribution in [1.29, 1.82) is 0 Å². The van der Waals surface area contributed by atoms with Crippen LogP contribution in [-0.4, -0.2) is 40.0 Å². The quantitative estimate of drug-likeness (QED) is 0.870. The third-order valence-electron chi connectivity index (χ3n) is 3.28. The highest BCUT2D eigenvalue weighted by Gasteiger charge is 2.21. The van der Waals surface area contributed by atoms with Crippen molar-refractivity contribution >= 4 is 28.3 Å². The lowest BCUT2D eigenvalue weighted by molar-refractivity contribution is -0.115. The first-order chi connectivity index (χ1) is 9.60. The largest absolute Gasteiger partial charge is 0.476 e. The number of nitrogens with zero attached hydrogens (tertiary/aromatic N) is 2. The number of rotatable bonds is 5. The average Bonchev–Trinajstić information content (AvgIpc) is 2.82. The minimum Gasteiger partial charge on any atom is -0.476 e. The second kappa shape index (κ2) is 6.81. The van der Waals surface area contributed by atoms with Crippen molar-refractivity contribution in [2.24, 2.45) is 0 Å². The molecule has 2 heterocycles. The molecule has 0 atom stereocenters. The van der Waals surface area contributed by atoms with Gasteiger partial charge in [0.05, 0.1) is 4.88 Å². The summed E-state index contributed by atoms with van der Waals surface area (Å²) in [6, 6.07) is 0. The van der Waals surface area contributed by atoms with Crippen molar-refractivity contribution in [1.82, 2.24) is 9.88 Å². The fourth-order valence-corrected chi connectivity index (χ4v) is 3.22. The fourth-order valence-electron chi connectivity index (χ4n) is 2.21. The van der Waals surface area contributed by atoms with Gasteiger partial charge in [-0.3, -0.25) is 9.69 Å². The van der Waals surface area contributed by atoms with E-state index in [-0.39, 0.29) is 11.6 Å². The van der Waals surface area contributed by atoms with Gasteiger partial charge in [-0.15, -0.1) is 0 Å². The van der Waals surface area contributed by atoms with Crippen LogP contribution >= 0.6 is 11.3 Å². The number of carbonyl (C=O) groups excluding carboxylic acids is 1. The molecule has 1 fully saturated rings. The Morgan fingerprint density at radius 3 is 2.65 bits per heavy atom. The van der Waals surface area contributed by atoms with Gasteiger partial charge in [-0.25, -0.2) is 9.78 Å². The highest BCUT2D eigenvalue weighted by Crippen LogP contribution is 2.26. The number of nitrogens with one attached hydrogen (secondary N) is 1. The van der Waals surface area contributed by atoms with Gasteiger partial charge in [-0.2, -0.15) is 0 Å². The first-order valence-corrected chi connectivity index (χ1v) is 7.67. The van der Waals surface area contributed by atoms with Crippen LogP contribution in [0, 0.1) is 0 Å². The van der Waals surface area contributed by atoms with Crippen molar-refractivity contribution in [2.45, 2.75) is 39.2 Å². The summed E-state index contributed by atoms with van der Waals surface area (Å²) in [5.74, 6) is -1.19. The van der Waals surface area contributed by atoms with E-state index in [9.17, 15) is 14.7 Å². The standard InChI is InChI=1S/C13H19N3O3S/c1-2-10(17)14-13-15-11(12(18)19)9(20-13)8-16-6-4-3-5-7-16/h2-8H2,1H3,(H,18,19)(H,14,15,17). The third-order valence-corrected chi connectivity index (χ3v) is 4.24. The minimum absolute atomic E-state index is 0.0620. The fraction of sp³-hybridized carbons (Fsp3) is 0.615. The number of carboxylic acid groups (broad SMARTS) is 1. The van der Waals surface area contributed by atoms with Crippen molar-refractivity contribution in [3.05, 3.63) is 10.6 Å². The van der Waals surface area contributed by atoms with Crippen LogP contribution in [-0.2, 0) is 11.3 Å². The summed E-state index contributed by atoms with van der Waals surface area (Å²) in [5, 5.41) is 12.2. The summed E-state index contributed by atoms with van der Waals surface area (Å²) in [7, 11) is 0. The zero-order valence-corrected chi connectivity index (χ0v) is 12.3. The second-order valence-electron chi connectivity index (χ2n) is 4.83. The lowest BCUT2D eigenvalue weighted by Gasteiger charge is -2.25. The lowest BCUT2D eigenvalue weighted by atomic mass is 10.1. The molecule has 0 spiro atoms. The minimum atomic E-state index is -1.04. The van der Waals surface area contributed by atoms with E-state index >= 15 is 0 Å². The Morgan fingerprint density at radius 1 is 1.35 bits per heavy atom. The molecule has 2 rings (SSSR count). The van der Waals surface area contributed by atoms with Gasteiger partial charge < -0.3 is 10.4 Å². The summed E-state index contributed by atoms with van der Waals surface area (Å²) in [6.45, 7) is 4.33. The van der Waals surface area contributed by atoms with E-state index in [0.29, 0.717) is 23.0 Å². The van der Waals surface area contributed by atoms with E-state index in [2.05, 4.69) is 15.2 Å². The smallest absolute Gasteiger partial charge is 0.355 e. The molecule has 7 heteroatoms. The average molecular weight is 297 g/mol. The molecule has 1 saturated heterocycles. The van der Waals surface area contributed by atoms with E-state index < -0.39 is 5.97 Å².